The van der Waals surface area contributed by atoms with Crippen LogP contribution in [0.1, 0.15) is 69.4 Å². The minimum absolute atomic E-state index is 0.0282. The number of likely N-dealkylation sites (tertiary alicyclic amines) is 1. The quantitative estimate of drug-likeness (QED) is 0.734. The number of amides is 1. The maximum atomic E-state index is 13.4. The molecule has 164 valence electrons. The van der Waals surface area contributed by atoms with Gasteiger partial charge in [0.15, 0.2) is 0 Å². The van der Waals surface area contributed by atoms with E-state index in [2.05, 4.69) is 11.8 Å². The number of hydrogen-bond donors (Lipinski definition) is 0. The van der Waals surface area contributed by atoms with E-state index in [4.69, 9.17) is 0 Å². The molecule has 2 saturated heterocycles. The van der Waals surface area contributed by atoms with Crippen molar-refractivity contribution in [3.05, 3.63) is 29.3 Å². The normalized spacial score (nSPS) is 30.3. The van der Waals surface area contributed by atoms with Gasteiger partial charge in [-0.05, 0) is 87.5 Å². The summed E-state index contributed by atoms with van der Waals surface area (Å²) in [5, 5.41) is 0. The summed E-state index contributed by atoms with van der Waals surface area (Å²) in [5.41, 5.74) is 2.48. The van der Waals surface area contributed by atoms with Gasteiger partial charge in [-0.25, -0.2) is 8.42 Å². The molecule has 0 N–H and O–H groups in total. The number of piperidine rings is 1. The van der Waals surface area contributed by atoms with Gasteiger partial charge in [-0.2, -0.15) is 4.31 Å². The number of carbonyl (C=O) groups is 1. The Morgan fingerprint density at radius 1 is 0.967 bits per heavy atom. The van der Waals surface area contributed by atoms with Crippen LogP contribution in [0.4, 0.5) is 0 Å². The first-order valence-corrected chi connectivity index (χ1v) is 13.3. The highest BCUT2D eigenvalue weighted by Crippen LogP contribution is 2.41. The number of rotatable bonds is 3. The second kappa shape index (κ2) is 7.94. The van der Waals surface area contributed by atoms with Crippen molar-refractivity contribution in [3.63, 3.8) is 0 Å². The third kappa shape index (κ3) is 3.50. The zero-order valence-electron chi connectivity index (χ0n) is 18.1. The Morgan fingerprint density at radius 3 is 2.50 bits per heavy atom. The molecule has 1 saturated carbocycles. The lowest BCUT2D eigenvalue weighted by Gasteiger charge is -2.38. The summed E-state index contributed by atoms with van der Waals surface area (Å²) in [6.07, 6.45) is 10.5. The summed E-state index contributed by atoms with van der Waals surface area (Å²) in [6, 6.07) is 6.39. The van der Waals surface area contributed by atoms with Crippen LogP contribution in [0.5, 0.6) is 0 Å². The van der Waals surface area contributed by atoms with Crippen LogP contribution in [0.15, 0.2) is 23.1 Å². The smallest absolute Gasteiger partial charge is 0.243 e. The molecule has 1 aromatic carbocycles. The van der Waals surface area contributed by atoms with Gasteiger partial charge in [-0.1, -0.05) is 18.9 Å². The predicted molar refractivity (Wildman–Crippen MR) is 117 cm³/mol. The Balaban J connectivity index is 1.25. The van der Waals surface area contributed by atoms with Crippen molar-refractivity contribution in [1.29, 1.82) is 0 Å². The largest absolute Gasteiger partial charge is 0.336 e. The van der Waals surface area contributed by atoms with Gasteiger partial charge in [-0.3, -0.25) is 4.79 Å². The van der Waals surface area contributed by atoms with Crippen LogP contribution in [0.25, 0.3) is 0 Å². The molecule has 5 nitrogen and oxygen atoms in total. The third-order valence-corrected chi connectivity index (χ3v) is 10.0. The van der Waals surface area contributed by atoms with Gasteiger partial charge < -0.3 is 4.90 Å². The van der Waals surface area contributed by atoms with Crippen molar-refractivity contribution >= 4 is 15.9 Å². The van der Waals surface area contributed by atoms with E-state index in [1.807, 2.05) is 12.1 Å². The second-order valence-electron chi connectivity index (χ2n) is 9.90. The third-order valence-electron chi connectivity index (χ3n) is 8.11. The number of fused-ring (bicyclic) bond motifs is 2. The number of sulfonamides is 1. The fourth-order valence-corrected chi connectivity index (χ4v) is 8.02. The van der Waals surface area contributed by atoms with Gasteiger partial charge in [0.2, 0.25) is 15.9 Å². The SMILES string of the molecule is CC1CC2CCCCC2N1C(=O)C1CCN(S(=O)(=O)c2ccc3c(c2)CCC3)CC1. The van der Waals surface area contributed by atoms with Crippen LogP contribution in [-0.2, 0) is 27.7 Å². The van der Waals surface area contributed by atoms with E-state index in [1.165, 1.54) is 30.4 Å². The number of carbonyl (C=O) groups excluding carboxylic acids is 1. The van der Waals surface area contributed by atoms with Crippen molar-refractivity contribution in [3.8, 4) is 0 Å². The molecule has 1 amide bonds. The second-order valence-corrected chi connectivity index (χ2v) is 11.8. The van der Waals surface area contributed by atoms with Crippen molar-refractivity contribution in [2.45, 2.75) is 88.1 Å². The average Bonchev–Trinajstić information content (AvgIpc) is 3.36. The Labute approximate surface area is 180 Å². The standard InChI is InChI=1S/C24H34N2O3S/c1-17-15-21-5-2-3-8-23(21)26(17)24(27)19-11-13-25(14-12-19)30(28,29)22-10-9-18-6-4-7-20(18)16-22/h9-10,16-17,19,21,23H,2-8,11-15H2,1H3. The zero-order valence-corrected chi connectivity index (χ0v) is 18.9. The fourth-order valence-electron chi connectivity index (χ4n) is 6.50. The van der Waals surface area contributed by atoms with Crippen LogP contribution in [-0.4, -0.2) is 48.7 Å². The molecule has 4 aliphatic rings. The topological polar surface area (TPSA) is 57.7 Å². The zero-order chi connectivity index (χ0) is 20.9. The van der Waals surface area contributed by atoms with Gasteiger partial charge >= 0.3 is 0 Å². The van der Waals surface area contributed by atoms with Gasteiger partial charge in [0.1, 0.15) is 0 Å². The first-order valence-electron chi connectivity index (χ1n) is 11.9. The maximum Gasteiger partial charge on any atom is 0.243 e. The van der Waals surface area contributed by atoms with E-state index in [1.54, 1.807) is 10.4 Å². The molecule has 3 unspecified atom stereocenters. The summed E-state index contributed by atoms with van der Waals surface area (Å²) in [5.74, 6) is 0.934. The molecule has 30 heavy (non-hydrogen) atoms. The molecule has 6 heteroatoms. The van der Waals surface area contributed by atoms with Gasteiger partial charge in [0, 0.05) is 31.1 Å². The molecule has 3 atom stereocenters. The molecule has 2 heterocycles. The number of benzene rings is 1. The lowest BCUT2D eigenvalue weighted by Crippen LogP contribution is -2.48. The Morgan fingerprint density at radius 2 is 1.70 bits per heavy atom. The number of aryl methyl sites for hydroxylation is 2. The van der Waals surface area contributed by atoms with E-state index in [9.17, 15) is 13.2 Å². The fraction of sp³-hybridized carbons (Fsp3) is 0.708. The molecular formula is C24H34N2O3S. The molecule has 5 rings (SSSR count). The van der Waals surface area contributed by atoms with E-state index in [-0.39, 0.29) is 11.8 Å². The van der Waals surface area contributed by atoms with Crippen LogP contribution in [0.2, 0.25) is 0 Å². The molecule has 3 fully saturated rings. The molecule has 0 radical (unpaired) electrons. The summed E-state index contributed by atoms with van der Waals surface area (Å²) < 4.78 is 28.0. The molecular weight excluding hydrogens is 396 g/mol. The highest BCUT2D eigenvalue weighted by atomic mass is 32.2. The lowest BCUT2D eigenvalue weighted by molar-refractivity contribution is -0.140. The van der Waals surface area contributed by atoms with Gasteiger partial charge in [0.05, 0.1) is 4.90 Å². The van der Waals surface area contributed by atoms with Crippen molar-refractivity contribution in [1.82, 2.24) is 9.21 Å². The lowest BCUT2D eigenvalue weighted by atomic mass is 9.84. The first-order chi connectivity index (χ1) is 14.4. The first kappa shape index (κ1) is 20.5. The van der Waals surface area contributed by atoms with Gasteiger partial charge in [-0.15, -0.1) is 0 Å². The van der Waals surface area contributed by atoms with E-state index >= 15 is 0 Å². The number of hydrogen-bond acceptors (Lipinski definition) is 3. The summed E-state index contributed by atoms with van der Waals surface area (Å²) in [6.45, 7) is 3.10. The highest BCUT2D eigenvalue weighted by molar-refractivity contribution is 7.89. The number of nitrogens with zero attached hydrogens (tertiary/aromatic N) is 2. The summed E-state index contributed by atoms with van der Waals surface area (Å²) in [7, 11) is -3.47. The Kier molecular flexibility index (Phi) is 5.42. The summed E-state index contributed by atoms with van der Waals surface area (Å²) >= 11 is 0. The minimum Gasteiger partial charge on any atom is -0.336 e. The van der Waals surface area contributed by atoms with Gasteiger partial charge in [0.25, 0.3) is 0 Å². The molecule has 0 bridgehead atoms. The highest BCUT2D eigenvalue weighted by Gasteiger charge is 2.45. The van der Waals surface area contributed by atoms with E-state index in [0.717, 1.165) is 32.1 Å². The predicted octanol–water partition coefficient (Wildman–Crippen LogP) is 3.76. The van der Waals surface area contributed by atoms with Crippen LogP contribution in [0.3, 0.4) is 0 Å². The van der Waals surface area contributed by atoms with Crippen molar-refractivity contribution < 1.29 is 13.2 Å². The van der Waals surface area contributed by atoms with Crippen LogP contribution < -0.4 is 0 Å². The van der Waals surface area contributed by atoms with Crippen LogP contribution in [0, 0.1) is 11.8 Å². The van der Waals surface area contributed by atoms with Crippen LogP contribution >= 0.6 is 0 Å². The van der Waals surface area contributed by atoms with E-state index < -0.39 is 10.0 Å². The molecule has 2 aliphatic heterocycles. The average molecular weight is 431 g/mol. The maximum absolute atomic E-state index is 13.4. The van der Waals surface area contributed by atoms with Crippen molar-refractivity contribution in [2.75, 3.05) is 13.1 Å². The monoisotopic (exact) mass is 430 g/mol. The summed E-state index contributed by atoms with van der Waals surface area (Å²) in [4.78, 5) is 16.0. The van der Waals surface area contributed by atoms with Crippen molar-refractivity contribution in [2.24, 2.45) is 11.8 Å². The Bertz CT molecular complexity index is 920. The molecule has 2 aliphatic carbocycles. The minimum atomic E-state index is -3.47. The van der Waals surface area contributed by atoms with E-state index in [0.29, 0.717) is 48.8 Å². The molecule has 0 aromatic heterocycles. The molecule has 1 aromatic rings. The molecule has 0 spiro atoms. The Hall–Kier alpha value is -1.40.